The molecule has 0 radical (unpaired) electrons. The average molecular weight is 242 g/mol. The van der Waals surface area contributed by atoms with Crippen LogP contribution in [0.2, 0.25) is 0 Å². The highest BCUT2D eigenvalue weighted by Gasteiger charge is 2.25. The third-order valence-electron chi connectivity index (χ3n) is 2.05. The Morgan fingerprint density at radius 1 is 1.44 bits per heavy atom. The van der Waals surface area contributed by atoms with Crippen LogP contribution >= 0.6 is 0 Å². The number of rotatable bonds is 4. The summed E-state index contributed by atoms with van der Waals surface area (Å²) in [5, 5.41) is 8.50. The Morgan fingerprint density at radius 2 is 2.06 bits per heavy atom. The van der Waals surface area contributed by atoms with Crippen molar-refractivity contribution in [3.8, 4) is 6.07 Å². The van der Waals surface area contributed by atoms with Crippen LogP contribution in [0.25, 0.3) is 0 Å². The van der Waals surface area contributed by atoms with E-state index in [1.165, 1.54) is 18.2 Å². The lowest BCUT2D eigenvalue weighted by molar-refractivity contribution is 0.456. The van der Waals surface area contributed by atoms with Crippen LogP contribution in [-0.4, -0.2) is 25.8 Å². The normalized spacial score (nSPS) is 11.4. The van der Waals surface area contributed by atoms with Crippen LogP contribution in [0.1, 0.15) is 6.92 Å². The van der Waals surface area contributed by atoms with Gasteiger partial charge in [-0.15, -0.1) is 0 Å². The minimum absolute atomic E-state index is 0.129. The molecule has 0 spiro atoms. The fourth-order valence-corrected chi connectivity index (χ4v) is 2.65. The van der Waals surface area contributed by atoms with Crippen LogP contribution in [0.15, 0.2) is 29.2 Å². The van der Waals surface area contributed by atoms with E-state index in [0.717, 1.165) is 10.4 Å². The third-order valence-corrected chi connectivity index (χ3v) is 4.01. The Labute approximate surface area is 94.0 Å². The van der Waals surface area contributed by atoms with Crippen molar-refractivity contribution in [3.63, 3.8) is 0 Å². The summed E-state index contributed by atoms with van der Waals surface area (Å²) >= 11 is 0. The van der Waals surface area contributed by atoms with Gasteiger partial charge in [0.2, 0.25) is 10.0 Å². The summed E-state index contributed by atoms with van der Waals surface area (Å²) < 4.78 is 38.1. The second kappa shape index (κ2) is 5.05. The van der Waals surface area contributed by atoms with Crippen LogP contribution < -0.4 is 0 Å². The molecule has 86 valence electrons. The number of nitriles is 1. The van der Waals surface area contributed by atoms with Gasteiger partial charge in [-0.2, -0.15) is 9.57 Å². The summed E-state index contributed by atoms with van der Waals surface area (Å²) in [5.41, 5.74) is 0. The molecule has 0 aliphatic carbocycles. The molecule has 0 N–H and O–H groups in total. The van der Waals surface area contributed by atoms with Crippen molar-refractivity contribution in [3.05, 3.63) is 30.1 Å². The van der Waals surface area contributed by atoms with Crippen molar-refractivity contribution < 1.29 is 12.8 Å². The van der Waals surface area contributed by atoms with Crippen LogP contribution in [0.3, 0.4) is 0 Å². The number of halogens is 1. The Bertz CT molecular complexity index is 508. The van der Waals surface area contributed by atoms with Crippen molar-refractivity contribution in [1.82, 2.24) is 4.31 Å². The smallest absolute Gasteiger partial charge is 0.207 e. The summed E-state index contributed by atoms with van der Waals surface area (Å²) in [6, 6.07) is 6.85. The van der Waals surface area contributed by atoms with E-state index in [4.69, 9.17) is 5.26 Å². The number of sulfonamides is 1. The minimum atomic E-state index is -3.91. The predicted molar refractivity (Wildman–Crippen MR) is 56.4 cm³/mol. The Kier molecular flexibility index (Phi) is 3.99. The van der Waals surface area contributed by atoms with E-state index in [-0.39, 0.29) is 13.1 Å². The Morgan fingerprint density at radius 3 is 2.56 bits per heavy atom. The summed E-state index contributed by atoms with van der Waals surface area (Å²) in [4.78, 5) is -0.396. The second-order valence-electron chi connectivity index (χ2n) is 3.02. The van der Waals surface area contributed by atoms with Crippen LogP contribution in [-0.2, 0) is 10.0 Å². The third kappa shape index (κ3) is 2.38. The van der Waals surface area contributed by atoms with Gasteiger partial charge in [0.15, 0.2) is 0 Å². The molecular formula is C10H11FN2O2S. The molecule has 0 aromatic heterocycles. The van der Waals surface area contributed by atoms with Gasteiger partial charge in [-0.25, -0.2) is 12.8 Å². The molecule has 0 fully saturated rings. The van der Waals surface area contributed by atoms with Gasteiger partial charge < -0.3 is 0 Å². The average Bonchev–Trinajstić information content (AvgIpc) is 2.26. The van der Waals surface area contributed by atoms with E-state index in [1.54, 1.807) is 13.0 Å². The van der Waals surface area contributed by atoms with Gasteiger partial charge in [0.1, 0.15) is 17.3 Å². The first-order valence-corrected chi connectivity index (χ1v) is 6.09. The molecule has 1 aromatic rings. The van der Waals surface area contributed by atoms with Crippen molar-refractivity contribution in [2.75, 3.05) is 13.1 Å². The molecule has 1 aromatic carbocycles. The van der Waals surface area contributed by atoms with E-state index < -0.39 is 20.7 Å². The van der Waals surface area contributed by atoms with Gasteiger partial charge in [0.05, 0.1) is 6.07 Å². The van der Waals surface area contributed by atoms with Crippen molar-refractivity contribution in [1.29, 1.82) is 5.26 Å². The molecule has 0 saturated heterocycles. The molecule has 0 atom stereocenters. The van der Waals surface area contributed by atoms with E-state index in [2.05, 4.69) is 0 Å². The fraction of sp³-hybridized carbons (Fsp3) is 0.300. The van der Waals surface area contributed by atoms with Crippen LogP contribution in [0.4, 0.5) is 4.39 Å². The van der Waals surface area contributed by atoms with Gasteiger partial charge in [0, 0.05) is 6.54 Å². The van der Waals surface area contributed by atoms with Gasteiger partial charge in [-0.05, 0) is 12.1 Å². The van der Waals surface area contributed by atoms with E-state index in [0.29, 0.717) is 0 Å². The maximum atomic E-state index is 13.3. The van der Waals surface area contributed by atoms with Gasteiger partial charge in [-0.1, -0.05) is 19.1 Å². The Balaban J connectivity index is 3.22. The number of hydrogen-bond donors (Lipinski definition) is 0. The summed E-state index contributed by atoms with van der Waals surface area (Å²) in [5.74, 6) is -0.807. The summed E-state index contributed by atoms with van der Waals surface area (Å²) in [7, 11) is -3.91. The monoisotopic (exact) mass is 242 g/mol. The molecule has 4 nitrogen and oxygen atoms in total. The molecule has 0 aliphatic rings. The molecule has 0 aliphatic heterocycles. The lowest BCUT2D eigenvalue weighted by Crippen LogP contribution is -2.31. The summed E-state index contributed by atoms with van der Waals surface area (Å²) in [6.45, 7) is 1.44. The standard InChI is InChI=1S/C10H11FN2O2S/c1-2-13(8-7-12)16(14,15)10-6-4-3-5-9(10)11/h3-6H,2,8H2,1H3. The molecule has 0 heterocycles. The number of hydrogen-bond acceptors (Lipinski definition) is 3. The highest BCUT2D eigenvalue weighted by molar-refractivity contribution is 7.89. The highest BCUT2D eigenvalue weighted by Crippen LogP contribution is 2.18. The molecule has 0 saturated carbocycles. The van der Waals surface area contributed by atoms with Crippen LogP contribution in [0, 0.1) is 17.1 Å². The zero-order valence-electron chi connectivity index (χ0n) is 8.72. The lowest BCUT2D eigenvalue weighted by atomic mass is 10.4. The van der Waals surface area contributed by atoms with Crippen molar-refractivity contribution in [2.45, 2.75) is 11.8 Å². The van der Waals surface area contributed by atoms with Gasteiger partial charge in [-0.3, -0.25) is 0 Å². The molecular weight excluding hydrogens is 231 g/mol. The van der Waals surface area contributed by atoms with Gasteiger partial charge in [0.25, 0.3) is 0 Å². The van der Waals surface area contributed by atoms with Crippen molar-refractivity contribution >= 4 is 10.0 Å². The number of benzene rings is 1. The Hall–Kier alpha value is -1.45. The van der Waals surface area contributed by atoms with E-state index in [9.17, 15) is 12.8 Å². The van der Waals surface area contributed by atoms with Gasteiger partial charge >= 0.3 is 0 Å². The first-order valence-electron chi connectivity index (χ1n) is 4.65. The second-order valence-corrected chi connectivity index (χ2v) is 4.93. The SMILES string of the molecule is CCN(CC#N)S(=O)(=O)c1ccccc1F. The molecule has 1 rings (SSSR count). The maximum absolute atomic E-state index is 13.3. The molecule has 6 heteroatoms. The van der Waals surface area contributed by atoms with E-state index >= 15 is 0 Å². The topological polar surface area (TPSA) is 61.2 Å². The molecule has 16 heavy (non-hydrogen) atoms. The van der Waals surface area contributed by atoms with Crippen LogP contribution in [0.5, 0.6) is 0 Å². The summed E-state index contributed by atoms with van der Waals surface area (Å²) in [6.07, 6.45) is 0. The first-order chi connectivity index (χ1) is 7.54. The lowest BCUT2D eigenvalue weighted by Gasteiger charge is -2.17. The fourth-order valence-electron chi connectivity index (χ4n) is 1.24. The zero-order chi connectivity index (χ0) is 12.2. The molecule has 0 bridgehead atoms. The van der Waals surface area contributed by atoms with Crippen molar-refractivity contribution in [2.24, 2.45) is 0 Å². The van der Waals surface area contributed by atoms with E-state index in [1.807, 2.05) is 0 Å². The zero-order valence-corrected chi connectivity index (χ0v) is 9.54. The quantitative estimate of drug-likeness (QED) is 0.749. The largest absolute Gasteiger partial charge is 0.246 e. The first kappa shape index (κ1) is 12.6. The predicted octanol–water partition coefficient (Wildman–Crippen LogP) is 1.36. The highest BCUT2D eigenvalue weighted by atomic mass is 32.2. The maximum Gasteiger partial charge on any atom is 0.246 e. The molecule has 0 unspecified atom stereocenters. The minimum Gasteiger partial charge on any atom is -0.207 e. The molecule has 0 amide bonds. The number of nitrogens with zero attached hydrogens (tertiary/aromatic N) is 2.